The van der Waals surface area contributed by atoms with Crippen molar-refractivity contribution in [2.24, 2.45) is 10.7 Å². The highest BCUT2D eigenvalue weighted by Crippen LogP contribution is 2.23. The Kier molecular flexibility index (Phi) is 3.62. The topological polar surface area (TPSA) is 75.7 Å². The predicted molar refractivity (Wildman–Crippen MR) is 55.4 cm³/mol. The highest BCUT2D eigenvalue weighted by atomic mass is 35.5. The van der Waals surface area contributed by atoms with E-state index in [0.717, 1.165) is 6.07 Å². The molecule has 0 saturated carbocycles. The predicted octanol–water partition coefficient (Wildman–Crippen LogP) is 1.75. The van der Waals surface area contributed by atoms with Crippen LogP contribution < -0.4 is 5.73 Å². The van der Waals surface area contributed by atoms with E-state index in [1.165, 1.54) is 12.1 Å². The summed E-state index contributed by atoms with van der Waals surface area (Å²) in [5.41, 5.74) is 4.75. The molecule has 6 heteroatoms. The van der Waals surface area contributed by atoms with Gasteiger partial charge in [-0.3, -0.25) is 0 Å². The fraction of sp³-hybridized carbons (Fsp3) is 0.111. The first-order valence-electron chi connectivity index (χ1n) is 3.97. The number of amidine groups is 1. The van der Waals surface area contributed by atoms with Crippen molar-refractivity contribution in [2.75, 3.05) is 5.88 Å². The molecule has 15 heavy (non-hydrogen) atoms. The second-order valence-electron chi connectivity index (χ2n) is 2.68. The Morgan fingerprint density at radius 1 is 1.60 bits per heavy atom. The first-order valence-corrected chi connectivity index (χ1v) is 4.50. The summed E-state index contributed by atoms with van der Waals surface area (Å²) in [7, 11) is 0. The summed E-state index contributed by atoms with van der Waals surface area (Å²) in [5.74, 6) is -2.14. The van der Waals surface area contributed by atoms with Crippen LogP contribution in [0.25, 0.3) is 0 Å². The van der Waals surface area contributed by atoms with Gasteiger partial charge >= 0.3 is 5.97 Å². The molecule has 0 aliphatic carbocycles. The second-order valence-corrected chi connectivity index (χ2v) is 2.95. The van der Waals surface area contributed by atoms with Crippen molar-refractivity contribution < 1.29 is 14.3 Å². The van der Waals surface area contributed by atoms with Crippen LogP contribution in [-0.4, -0.2) is 22.8 Å². The van der Waals surface area contributed by atoms with E-state index in [2.05, 4.69) is 4.99 Å². The molecule has 0 fully saturated rings. The lowest BCUT2D eigenvalue weighted by Crippen LogP contribution is -2.13. The van der Waals surface area contributed by atoms with Gasteiger partial charge in [0, 0.05) is 0 Å². The summed E-state index contributed by atoms with van der Waals surface area (Å²) in [4.78, 5) is 14.3. The van der Waals surface area contributed by atoms with Gasteiger partial charge in [0.1, 0.15) is 17.3 Å². The van der Waals surface area contributed by atoms with Gasteiger partial charge in [-0.1, -0.05) is 6.07 Å². The summed E-state index contributed by atoms with van der Waals surface area (Å²) >= 11 is 5.36. The fourth-order valence-corrected chi connectivity index (χ4v) is 1.03. The number of rotatable bonds is 3. The summed E-state index contributed by atoms with van der Waals surface area (Å²) < 4.78 is 13.2. The number of carbonyl (C=O) groups is 1. The monoisotopic (exact) mass is 230 g/mol. The molecule has 0 amide bonds. The van der Waals surface area contributed by atoms with Gasteiger partial charge < -0.3 is 10.8 Å². The Morgan fingerprint density at radius 2 is 2.27 bits per heavy atom. The highest BCUT2D eigenvalue weighted by molar-refractivity contribution is 6.28. The summed E-state index contributed by atoms with van der Waals surface area (Å²) in [5, 5.41) is 8.77. The van der Waals surface area contributed by atoms with Gasteiger partial charge in [0.25, 0.3) is 0 Å². The number of hydrogen-bond donors (Lipinski definition) is 2. The molecule has 1 rings (SSSR count). The van der Waals surface area contributed by atoms with Gasteiger partial charge in [-0.15, -0.1) is 11.6 Å². The van der Waals surface area contributed by atoms with E-state index < -0.39 is 11.8 Å². The van der Waals surface area contributed by atoms with Crippen molar-refractivity contribution in [3.05, 3.63) is 29.6 Å². The van der Waals surface area contributed by atoms with E-state index >= 15 is 0 Å². The summed E-state index contributed by atoms with van der Waals surface area (Å²) in [6.45, 7) is 0. The normalized spacial score (nSPS) is 11.5. The maximum atomic E-state index is 13.2. The van der Waals surface area contributed by atoms with Crippen molar-refractivity contribution in [2.45, 2.75) is 0 Å². The number of halogens is 2. The zero-order valence-corrected chi connectivity index (χ0v) is 8.33. The quantitative estimate of drug-likeness (QED) is 0.472. The third-order valence-corrected chi connectivity index (χ3v) is 1.88. The number of nitrogens with two attached hydrogens (primary N) is 1. The zero-order valence-electron chi connectivity index (χ0n) is 7.58. The number of carboxylic acids is 1. The zero-order chi connectivity index (χ0) is 11.4. The lowest BCUT2D eigenvalue weighted by Gasteiger charge is -2.02. The molecule has 0 radical (unpaired) electrons. The Balaban J connectivity index is 3.31. The van der Waals surface area contributed by atoms with Crippen LogP contribution >= 0.6 is 11.6 Å². The molecule has 80 valence electrons. The molecule has 0 aliphatic rings. The van der Waals surface area contributed by atoms with Crippen LogP contribution in [-0.2, 0) is 0 Å². The minimum absolute atomic E-state index is 0.0377. The molecule has 0 aliphatic heterocycles. The van der Waals surface area contributed by atoms with Gasteiger partial charge in [0.05, 0.1) is 11.4 Å². The van der Waals surface area contributed by atoms with Crippen LogP contribution in [0.2, 0.25) is 0 Å². The van der Waals surface area contributed by atoms with Crippen LogP contribution in [0.5, 0.6) is 0 Å². The molecule has 1 aromatic rings. The number of benzene rings is 1. The number of alkyl halides is 1. The van der Waals surface area contributed by atoms with Crippen molar-refractivity contribution >= 4 is 29.1 Å². The van der Waals surface area contributed by atoms with Crippen LogP contribution in [0.3, 0.4) is 0 Å². The Morgan fingerprint density at radius 3 is 2.80 bits per heavy atom. The van der Waals surface area contributed by atoms with E-state index in [-0.39, 0.29) is 23.0 Å². The van der Waals surface area contributed by atoms with Crippen LogP contribution in [0.4, 0.5) is 10.1 Å². The number of carboxylic acid groups (broad SMARTS) is 1. The molecule has 0 aromatic heterocycles. The maximum absolute atomic E-state index is 13.2. The molecule has 0 spiro atoms. The maximum Gasteiger partial charge on any atom is 0.338 e. The Bertz CT molecular complexity index is 421. The molecular formula is C9H8ClFN2O2. The molecule has 1 aromatic carbocycles. The lowest BCUT2D eigenvalue weighted by molar-refractivity contribution is 0.0697. The summed E-state index contributed by atoms with van der Waals surface area (Å²) in [6.07, 6.45) is 0. The first-order chi connectivity index (χ1) is 7.06. The molecule has 0 heterocycles. The van der Waals surface area contributed by atoms with Crippen molar-refractivity contribution in [1.82, 2.24) is 0 Å². The number of aromatic carboxylic acids is 1. The molecule has 0 atom stereocenters. The third kappa shape index (κ3) is 2.66. The van der Waals surface area contributed by atoms with Crippen LogP contribution in [0, 0.1) is 5.82 Å². The van der Waals surface area contributed by atoms with Gasteiger partial charge in [0.2, 0.25) is 0 Å². The van der Waals surface area contributed by atoms with Gasteiger partial charge in [-0.2, -0.15) is 0 Å². The molecular weight excluding hydrogens is 223 g/mol. The SMILES string of the molecule is NC(CCl)=Nc1c(F)cccc1C(=O)O. The second kappa shape index (κ2) is 4.75. The lowest BCUT2D eigenvalue weighted by atomic mass is 10.2. The van der Waals surface area contributed by atoms with E-state index in [0.29, 0.717) is 0 Å². The summed E-state index contributed by atoms with van der Waals surface area (Å²) in [6, 6.07) is 3.63. The van der Waals surface area contributed by atoms with Crippen LogP contribution in [0.15, 0.2) is 23.2 Å². The van der Waals surface area contributed by atoms with Crippen molar-refractivity contribution in [3.8, 4) is 0 Å². The molecule has 3 N–H and O–H groups in total. The van der Waals surface area contributed by atoms with E-state index in [9.17, 15) is 9.18 Å². The number of hydrogen-bond acceptors (Lipinski definition) is 2. The minimum atomic E-state index is -1.27. The minimum Gasteiger partial charge on any atom is -0.478 e. The molecule has 4 nitrogen and oxygen atoms in total. The third-order valence-electron chi connectivity index (χ3n) is 1.61. The van der Waals surface area contributed by atoms with Crippen molar-refractivity contribution in [1.29, 1.82) is 0 Å². The van der Waals surface area contributed by atoms with Gasteiger partial charge in [0.15, 0.2) is 0 Å². The average Bonchev–Trinajstić information content (AvgIpc) is 2.20. The largest absolute Gasteiger partial charge is 0.478 e. The van der Waals surface area contributed by atoms with Gasteiger partial charge in [-0.05, 0) is 12.1 Å². The highest BCUT2D eigenvalue weighted by Gasteiger charge is 2.13. The molecule has 0 bridgehead atoms. The fourth-order valence-electron chi connectivity index (χ4n) is 0.975. The number of nitrogens with zero attached hydrogens (tertiary/aromatic N) is 1. The van der Waals surface area contributed by atoms with Crippen LogP contribution in [0.1, 0.15) is 10.4 Å². The van der Waals surface area contributed by atoms with Gasteiger partial charge in [-0.25, -0.2) is 14.2 Å². The smallest absolute Gasteiger partial charge is 0.338 e. The number of para-hydroxylation sites is 1. The molecule has 0 saturated heterocycles. The average molecular weight is 231 g/mol. The van der Waals surface area contributed by atoms with Crippen molar-refractivity contribution in [3.63, 3.8) is 0 Å². The first kappa shape index (κ1) is 11.5. The number of aliphatic imine (C=N–C) groups is 1. The van der Waals surface area contributed by atoms with E-state index in [1.54, 1.807) is 0 Å². The van der Waals surface area contributed by atoms with E-state index in [4.69, 9.17) is 22.4 Å². The Hall–Kier alpha value is -1.62. The molecule has 0 unspecified atom stereocenters. The standard InChI is InChI=1S/C9H8ClFN2O2/c10-4-7(12)13-8-5(9(14)15)2-1-3-6(8)11/h1-3H,4H2,(H2,12,13)(H,14,15). The Labute approximate surface area is 90.2 Å². The van der Waals surface area contributed by atoms with E-state index in [1.807, 2.05) is 0 Å².